The Hall–Kier alpha value is -1.85. The number of ether oxygens (including phenoxy) is 1. The van der Waals surface area contributed by atoms with Crippen LogP contribution in [0.2, 0.25) is 5.02 Å². The van der Waals surface area contributed by atoms with E-state index in [0.717, 1.165) is 0 Å². The van der Waals surface area contributed by atoms with Gasteiger partial charge in [-0.25, -0.2) is 9.37 Å². The molecule has 0 radical (unpaired) electrons. The average molecular weight is 296 g/mol. The quantitative estimate of drug-likeness (QED) is 0.902. The van der Waals surface area contributed by atoms with Crippen molar-refractivity contribution < 1.29 is 9.13 Å². The molecular weight excluding hydrogens is 281 g/mol. The number of nitrogens with two attached hydrogens (primary N) is 2. The first-order valence-electron chi connectivity index (χ1n) is 6.15. The Morgan fingerprint density at radius 3 is 2.70 bits per heavy atom. The zero-order valence-corrected chi connectivity index (χ0v) is 11.7. The second-order valence-corrected chi connectivity index (χ2v) is 4.73. The molecule has 0 amide bonds. The molecule has 1 atom stereocenters. The van der Waals surface area contributed by atoms with Crippen LogP contribution in [0, 0.1) is 5.82 Å². The summed E-state index contributed by atoms with van der Waals surface area (Å²) in [5, 5.41) is 0.160. The first-order valence-corrected chi connectivity index (χ1v) is 6.53. The van der Waals surface area contributed by atoms with Gasteiger partial charge in [-0.05, 0) is 18.6 Å². The zero-order chi connectivity index (χ0) is 14.7. The molecule has 2 rings (SSSR count). The summed E-state index contributed by atoms with van der Waals surface area (Å²) in [5.74, 6) is -0.432. The molecule has 0 saturated carbocycles. The number of nitrogens with zero attached hydrogens (tertiary/aromatic N) is 1. The highest BCUT2D eigenvalue weighted by Crippen LogP contribution is 2.35. The van der Waals surface area contributed by atoms with Crippen LogP contribution in [0.25, 0.3) is 0 Å². The van der Waals surface area contributed by atoms with Crippen LogP contribution in [-0.4, -0.2) is 4.98 Å². The van der Waals surface area contributed by atoms with Crippen molar-refractivity contribution in [2.24, 2.45) is 5.73 Å². The van der Waals surface area contributed by atoms with Crippen LogP contribution in [-0.2, 0) is 0 Å². The second kappa shape index (κ2) is 6.07. The number of benzene rings is 1. The van der Waals surface area contributed by atoms with Gasteiger partial charge in [-0.1, -0.05) is 24.6 Å². The Kier molecular flexibility index (Phi) is 4.42. The highest BCUT2D eigenvalue weighted by molar-refractivity contribution is 6.32. The number of anilines is 1. The van der Waals surface area contributed by atoms with Crippen LogP contribution in [0.4, 0.5) is 10.1 Å². The van der Waals surface area contributed by atoms with Crippen molar-refractivity contribution in [2.75, 3.05) is 5.73 Å². The van der Waals surface area contributed by atoms with Gasteiger partial charge >= 0.3 is 0 Å². The zero-order valence-electron chi connectivity index (χ0n) is 10.9. The van der Waals surface area contributed by atoms with Gasteiger partial charge in [0.1, 0.15) is 0 Å². The fraction of sp³-hybridized carbons (Fsp3) is 0.214. The third-order valence-corrected chi connectivity index (χ3v) is 3.18. The molecule has 0 saturated heterocycles. The Morgan fingerprint density at radius 1 is 1.35 bits per heavy atom. The summed E-state index contributed by atoms with van der Waals surface area (Å²) in [7, 11) is 0. The van der Waals surface area contributed by atoms with Crippen molar-refractivity contribution >= 4 is 17.3 Å². The third kappa shape index (κ3) is 3.00. The fourth-order valence-electron chi connectivity index (χ4n) is 1.70. The standard InChI is InChI=1S/C14H15ClFN3O/c1-2-11(18)9-4-5-10(15)14(13(9)16)20-12-6-3-8(17)7-19-12/h3-7,11H,2,17-18H2,1H3/t11-/m1/s1. The van der Waals surface area contributed by atoms with E-state index >= 15 is 0 Å². The number of nitrogen functional groups attached to an aromatic ring is 1. The van der Waals surface area contributed by atoms with Crippen molar-refractivity contribution in [1.82, 2.24) is 4.98 Å². The summed E-state index contributed by atoms with van der Waals surface area (Å²) in [6.45, 7) is 1.88. The van der Waals surface area contributed by atoms with Crippen molar-refractivity contribution in [1.29, 1.82) is 0 Å². The molecule has 0 unspecified atom stereocenters. The van der Waals surface area contributed by atoms with Crippen LogP contribution in [0.1, 0.15) is 24.9 Å². The summed E-state index contributed by atoms with van der Waals surface area (Å²) in [6, 6.07) is 5.86. The first-order chi connectivity index (χ1) is 9.52. The Morgan fingerprint density at radius 2 is 2.10 bits per heavy atom. The van der Waals surface area contributed by atoms with E-state index in [-0.39, 0.29) is 16.7 Å². The SMILES string of the molecule is CC[C@@H](N)c1ccc(Cl)c(Oc2ccc(N)cn2)c1F. The maximum atomic E-state index is 14.4. The number of hydrogen-bond donors (Lipinski definition) is 2. The van der Waals surface area contributed by atoms with E-state index in [2.05, 4.69) is 4.98 Å². The molecule has 0 fully saturated rings. The first kappa shape index (κ1) is 14.6. The Balaban J connectivity index is 2.37. The maximum Gasteiger partial charge on any atom is 0.219 e. The van der Waals surface area contributed by atoms with Crippen LogP contribution >= 0.6 is 11.6 Å². The summed E-state index contributed by atoms with van der Waals surface area (Å²) < 4.78 is 19.8. The monoisotopic (exact) mass is 295 g/mol. The smallest absolute Gasteiger partial charge is 0.219 e. The number of rotatable bonds is 4. The molecule has 0 aliphatic rings. The molecule has 0 bridgehead atoms. The lowest BCUT2D eigenvalue weighted by atomic mass is 10.0. The molecule has 20 heavy (non-hydrogen) atoms. The Bertz CT molecular complexity index is 604. The van der Waals surface area contributed by atoms with Gasteiger partial charge in [-0.15, -0.1) is 0 Å². The molecule has 4 nitrogen and oxygen atoms in total. The fourth-order valence-corrected chi connectivity index (χ4v) is 1.89. The minimum Gasteiger partial charge on any atom is -0.434 e. The molecule has 1 aromatic carbocycles. The van der Waals surface area contributed by atoms with Crippen molar-refractivity contribution in [2.45, 2.75) is 19.4 Å². The molecule has 1 aromatic heterocycles. The van der Waals surface area contributed by atoms with E-state index in [0.29, 0.717) is 17.7 Å². The molecule has 0 aliphatic heterocycles. The van der Waals surface area contributed by atoms with Gasteiger partial charge in [0.25, 0.3) is 0 Å². The second-order valence-electron chi connectivity index (χ2n) is 4.33. The van der Waals surface area contributed by atoms with Gasteiger partial charge in [-0.2, -0.15) is 0 Å². The van der Waals surface area contributed by atoms with Gasteiger partial charge in [0, 0.05) is 17.7 Å². The topological polar surface area (TPSA) is 74.2 Å². The minimum atomic E-state index is -0.564. The maximum absolute atomic E-state index is 14.4. The third-order valence-electron chi connectivity index (χ3n) is 2.88. The van der Waals surface area contributed by atoms with Gasteiger partial charge in [0.15, 0.2) is 11.6 Å². The predicted molar refractivity (Wildman–Crippen MR) is 77.4 cm³/mol. The van der Waals surface area contributed by atoms with Crippen LogP contribution in [0.15, 0.2) is 30.5 Å². The largest absolute Gasteiger partial charge is 0.434 e. The molecule has 0 aliphatic carbocycles. The molecule has 4 N–H and O–H groups in total. The lowest BCUT2D eigenvalue weighted by molar-refractivity contribution is 0.421. The molecular formula is C14H15ClFN3O. The van der Waals surface area contributed by atoms with E-state index < -0.39 is 11.9 Å². The lowest BCUT2D eigenvalue weighted by Gasteiger charge is -2.14. The van der Waals surface area contributed by atoms with E-state index in [4.69, 9.17) is 27.8 Å². The van der Waals surface area contributed by atoms with E-state index in [1.54, 1.807) is 18.2 Å². The number of halogens is 2. The minimum absolute atomic E-state index is 0.0784. The van der Waals surface area contributed by atoms with Gasteiger partial charge < -0.3 is 16.2 Å². The Labute approximate surface area is 121 Å². The van der Waals surface area contributed by atoms with Crippen LogP contribution < -0.4 is 16.2 Å². The summed E-state index contributed by atoms with van der Waals surface area (Å²) in [4.78, 5) is 3.95. The average Bonchev–Trinajstić information content (AvgIpc) is 2.45. The van der Waals surface area contributed by atoms with Gasteiger partial charge in [0.2, 0.25) is 5.88 Å². The van der Waals surface area contributed by atoms with E-state index in [9.17, 15) is 4.39 Å². The highest BCUT2D eigenvalue weighted by atomic mass is 35.5. The molecule has 6 heteroatoms. The van der Waals surface area contributed by atoms with Crippen LogP contribution in [0.5, 0.6) is 11.6 Å². The van der Waals surface area contributed by atoms with Crippen molar-refractivity contribution in [3.63, 3.8) is 0 Å². The van der Waals surface area contributed by atoms with Crippen LogP contribution in [0.3, 0.4) is 0 Å². The number of pyridine rings is 1. The molecule has 2 aromatic rings. The predicted octanol–water partition coefficient (Wildman–Crippen LogP) is 3.66. The van der Waals surface area contributed by atoms with Gasteiger partial charge in [0.05, 0.1) is 16.9 Å². The highest BCUT2D eigenvalue weighted by Gasteiger charge is 2.18. The molecule has 1 heterocycles. The van der Waals surface area contributed by atoms with Gasteiger partial charge in [-0.3, -0.25) is 0 Å². The summed E-state index contributed by atoms with van der Waals surface area (Å²) >= 11 is 5.97. The summed E-state index contributed by atoms with van der Waals surface area (Å²) in [6.07, 6.45) is 2.03. The molecule has 0 spiro atoms. The van der Waals surface area contributed by atoms with E-state index in [1.807, 2.05) is 6.92 Å². The van der Waals surface area contributed by atoms with Crippen molar-refractivity contribution in [3.05, 3.63) is 46.9 Å². The van der Waals surface area contributed by atoms with Crippen molar-refractivity contribution in [3.8, 4) is 11.6 Å². The lowest BCUT2D eigenvalue weighted by Crippen LogP contribution is -2.11. The molecule has 106 valence electrons. The number of hydrogen-bond acceptors (Lipinski definition) is 4. The normalized spacial score (nSPS) is 12.2. The number of aromatic nitrogens is 1. The van der Waals surface area contributed by atoms with E-state index in [1.165, 1.54) is 12.3 Å². The summed E-state index contributed by atoms with van der Waals surface area (Å²) in [5.41, 5.74) is 12.2.